The van der Waals surface area contributed by atoms with Gasteiger partial charge in [0.05, 0.1) is 5.92 Å². The minimum Gasteiger partial charge on any atom is -0.352 e. The maximum absolute atomic E-state index is 13.2. The van der Waals surface area contributed by atoms with Gasteiger partial charge in [0.2, 0.25) is 11.8 Å². The molecule has 30 heavy (non-hydrogen) atoms. The molecule has 0 bridgehead atoms. The number of aryl methyl sites for hydroxylation is 1. The normalized spacial score (nSPS) is 22.1. The van der Waals surface area contributed by atoms with Crippen LogP contribution in [0.1, 0.15) is 54.7 Å². The fourth-order valence-corrected chi connectivity index (χ4v) is 4.99. The van der Waals surface area contributed by atoms with Crippen LogP contribution in [0.2, 0.25) is 0 Å². The van der Waals surface area contributed by atoms with Crippen LogP contribution in [0, 0.1) is 18.8 Å². The number of likely N-dealkylation sites (tertiary alicyclic amines) is 1. The second-order valence-corrected chi connectivity index (χ2v) is 8.97. The Morgan fingerprint density at radius 1 is 0.967 bits per heavy atom. The van der Waals surface area contributed by atoms with Crippen molar-refractivity contribution >= 4 is 11.8 Å². The summed E-state index contributed by atoms with van der Waals surface area (Å²) in [5, 5.41) is 3.10. The number of rotatable bonds is 5. The van der Waals surface area contributed by atoms with E-state index in [-0.39, 0.29) is 29.6 Å². The van der Waals surface area contributed by atoms with Gasteiger partial charge in [-0.2, -0.15) is 0 Å². The lowest BCUT2D eigenvalue weighted by molar-refractivity contribution is -0.139. The lowest BCUT2D eigenvalue weighted by Gasteiger charge is -2.38. The third-order valence-corrected chi connectivity index (χ3v) is 6.66. The highest BCUT2D eigenvalue weighted by Crippen LogP contribution is 2.34. The maximum atomic E-state index is 13.2. The molecule has 0 aromatic heterocycles. The molecule has 0 radical (unpaired) electrons. The minimum absolute atomic E-state index is 0.0560. The van der Waals surface area contributed by atoms with Crippen LogP contribution in [0.25, 0.3) is 0 Å². The van der Waals surface area contributed by atoms with E-state index in [9.17, 15) is 9.59 Å². The topological polar surface area (TPSA) is 49.4 Å². The number of carbonyl (C=O) groups excluding carboxylic acids is 2. The second-order valence-electron chi connectivity index (χ2n) is 8.97. The molecule has 1 N–H and O–H groups in total. The quantitative estimate of drug-likeness (QED) is 0.801. The van der Waals surface area contributed by atoms with Crippen LogP contribution in [0.15, 0.2) is 54.6 Å². The summed E-state index contributed by atoms with van der Waals surface area (Å²) in [7, 11) is 0. The van der Waals surface area contributed by atoms with Crippen LogP contribution in [-0.4, -0.2) is 29.8 Å². The molecule has 2 unspecified atom stereocenters. The van der Waals surface area contributed by atoms with Gasteiger partial charge in [0.25, 0.3) is 0 Å². The average molecular weight is 405 g/mol. The van der Waals surface area contributed by atoms with Crippen LogP contribution in [-0.2, 0) is 16.1 Å². The van der Waals surface area contributed by atoms with Crippen molar-refractivity contribution < 1.29 is 9.59 Å². The van der Waals surface area contributed by atoms with Crippen molar-refractivity contribution in [1.82, 2.24) is 10.2 Å². The lowest BCUT2D eigenvalue weighted by atomic mass is 9.83. The fraction of sp³-hybridized carbons (Fsp3) is 0.462. The largest absolute Gasteiger partial charge is 0.352 e. The summed E-state index contributed by atoms with van der Waals surface area (Å²) in [5.74, 6) is 0.496. The first-order chi connectivity index (χ1) is 14.6. The molecule has 1 heterocycles. The first kappa shape index (κ1) is 20.6. The summed E-state index contributed by atoms with van der Waals surface area (Å²) in [6, 6.07) is 18.5. The van der Waals surface area contributed by atoms with E-state index in [0.29, 0.717) is 13.1 Å². The minimum atomic E-state index is -0.168. The van der Waals surface area contributed by atoms with Crippen molar-refractivity contribution in [2.45, 2.75) is 51.5 Å². The predicted molar refractivity (Wildman–Crippen MR) is 119 cm³/mol. The van der Waals surface area contributed by atoms with E-state index in [4.69, 9.17) is 0 Å². The standard InChI is InChI=1S/C26H32N2O2/c1-19-8-7-13-22(14-19)23-15-24(25(29)27-16-20-9-3-2-4-10-20)18-28(17-23)26(30)21-11-5-6-12-21/h2-4,7-10,13-14,21,23-24H,5-6,11-12,15-18H2,1H3,(H,27,29). The first-order valence-electron chi connectivity index (χ1n) is 11.3. The van der Waals surface area contributed by atoms with Crippen molar-refractivity contribution in [1.29, 1.82) is 0 Å². The van der Waals surface area contributed by atoms with Gasteiger partial charge in [-0.3, -0.25) is 9.59 Å². The Morgan fingerprint density at radius 3 is 2.47 bits per heavy atom. The maximum Gasteiger partial charge on any atom is 0.225 e. The number of amides is 2. The van der Waals surface area contributed by atoms with Crippen molar-refractivity contribution in [3.8, 4) is 0 Å². The van der Waals surface area contributed by atoms with E-state index in [1.54, 1.807) is 0 Å². The Balaban J connectivity index is 1.49. The summed E-state index contributed by atoms with van der Waals surface area (Å²) in [4.78, 5) is 28.2. The van der Waals surface area contributed by atoms with E-state index in [2.05, 4.69) is 36.5 Å². The van der Waals surface area contributed by atoms with Crippen LogP contribution >= 0.6 is 0 Å². The summed E-state index contributed by atoms with van der Waals surface area (Å²) in [5.41, 5.74) is 3.55. The van der Waals surface area contributed by atoms with Crippen molar-refractivity contribution in [2.24, 2.45) is 11.8 Å². The molecule has 2 aromatic rings. The van der Waals surface area contributed by atoms with Gasteiger partial charge in [-0.15, -0.1) is 0 Å². The monoisotopic (exact) mass is 404 g/mol. The number of benzene rings is 2. The lowest BCUT2D eigenvalue weighted by Crippen LogP contribution is -2.49. The van der Waals surface area contributed by atoms with Crippen molar-refractivity contribution in [3.63, 3.8) is 0 Å². The van der Waals surface area contributed by atoms with Gasteiger partial charge in [0.15, 0.2) is 0 Å². The highest BCUT2D eigenvalue weighted by Gasteiger charge is 2.37. The van der Waals surface area contributed by atoms with Gasteiger partial charge in [-0.25, -0.2) is 0 Å². The average Bonchev–Trinajstić information content (AvgIpc) is 3.32. The molecule has 1 saturated heterocycles. The number of nitrogens with zero attached hydrogens (tertiary/aromatic N) is 1. The van der Waals surface area contributed by atoms with E-state index in [1.807, 2.05) is 35.2 Å². The van der Waals surface area contributed by atoms with Crippen LogP contribution in [0.3, 0.4) is 0 Å². The van der Waals surface area contributed by atoms with E-state index < -0.39 is 0 Å². The fourth-order valence-electron chi connectivity index (χ4n) is 4.99. The molecule has 2 fully saturated rings. The molecule has 4 heteroatoms. The smallest absolute Gasteiger partial charge is 0.225 e. The third-order valence-electron chi connectivity index (χ3n) is 6.66. The summed E-state index contributed by atoms with van der Waals surface area (Å²) < 4.78 is 0. The Bertz CT molecular complexity index is 874. The van der Waals surface area contributed by atoms with Gasteiger partial charge in [-0.1, -0.05) is 73.0 Å². The first-order valence-corrected chi connectivity index (χ1v) is 11.3. The molecule has 2 atom stereocenters. The summed E-state index contributed by atoms with van der Waals surface area (Å²) in [6.07, 6.45) is 5.07. The van der Waals surface area contributed by atoms with Gasteiger partial charge in [0, 0.05) is 31.5 Å². The number of piperidine rings is 1. The molecular weight excluding hydrogens is 372 g/mol. The van der Waals surface area contributed by atoms with Crippen LogP contribution in [0.5, 0.6) is 0 Å². The Labute approximate surface area is 179 Å². The van der Waals surface area contributed by atoms with Crippen molar-refractivity contribution in [2.75, 3.05) is 13.1 Å². The molecule has 158 valence electrons. The van der Waals surface area contributed by atoms with Crippen molar-refractivity contribution in [3.05, 3.63) is 71.3 Å². The Kier molecular flexibility index (Phi) is 6.51. The predicted octanol–water partition coefficient (Wildman–Crippen LogP) is 4.43. The SMILES string of the molecule is Cc1cccc(C2CC(C(=O)NCc3ccccc3)CN(C(=O)C3CCCC3)C2)c1. The van der Waals surface area contributed by atoms with Gasteiger partial charge in [-0.05, 0) is 37.3 Å². The number of hydrogen-bond donors (Lipinski definition) is 1. The highest BCUT2D eigenvalue weighted by atomic mass is 16.2. The third kappa shape index (κ3) is 4.92. The van der Waals surface area contributed by atoms with E-state index in [0.717, 1.165) is 44.2 Å². The van der Waals surface area contributed by atoms with Gasteiger partial charge < -0.3 is 10.2 Å². The van der Waals surface area contributed by atoms with Gasteiger partial charge in [0.1, 0.15) is 0 Å². The zero-order valence-electron chi connectivity index (χ0n) is 17.8. The van der Waals surface area contributed by atoms with Gasteiger partial charge >= 0.3 is 0 Å². The molecule has 1 saturated carbocycles. The van der Waals surface area contributed by atoms with E-state index >= 15 is 0 Å². The van der Waals surface area contributed by atoms with Crippen LogP contribution in [0.4, 0.5) is 0 Å². The Hall–Kier alpha value is -2.62. The molecule has 4 rings (SSSR count). The number of carbonyl (C=O) groups is 2. The molecule has 0 spiro atoms. The zero-order chi connectivity index (χ0) is 20.9. The molecule has 2 amide bonds. The highest BCUT2D eigenvalue weighted by molar-refractivity contribution is 5.82. The molecule has 2 aromatic carbocycles. The number of hydrogen-bond acceptors (Lipinski definition) is 2. The summed E-state index contributed by atoms with van der Waals surface area (Å²) >= 11 is 0. The summed E-state index contributed by atoms with van der Waals surface area (Å²) in [6.45, 7) is 3.89. The zero-order valence-corrected chi connectivity index (χ0v) is 17.8. The molecule has 1 aliphatic carbocycles. The Morgan fingerprint density at radius 2 is 1.73 bits per heavy atom. The van der Waals surface area contributed by atoms with E-state index in [1.165, 1.54) is 11.1 Å². The molecule has 4 nitrogen and oxygen atoms in total. The molecule has 1 aliphatic heterocycles. The molecular formula is C26H32N2O2. The molecule has 2 aliphatic rings. The second kappa shape index (κ2) is 9.46. The van der Waals surface area contributed by atoms with Crippen LogP contribution < -0.4 is 5.32 Å². The number of nitrogens with one attached hydrogen (secondary N) is 1.